The van der Waals surface area contributed by atoms with Crippen LogP contribution in [0.5, 0.6) is 0 Å². The number of likely N-dealkylation sites (N-methyl/N-ethyl adjacent to an activating group) is 1. The average Bonchev–Trinajstić information content (AvgIpc) is 2.36. The lowest BCUT2D eigenvalue weighted by atomic mass is 10.2. The molecule has 0 aliphatic carbocycles. The number of nitrogen functional groups attached to an aromatic ring is 1. The minimum atomic E-state index is -0.521. The van der Waals surface area contributed by atoms with Crippen LogP contribution in [0.2, 0.25) is 0 Å². The van der Waals surface area contributed by atoms with Crippen molar-refractivity contribution in [2.45, 2.75) is 13.0 Å². The van der Waals surface area contributed by atoms with Gasteiger partial charge in [0.1, 0.15) is 6.04 Å². The second kappa shape index (κ2) is 5.90. The summed E-state index contributed by atoms with van der Waals surface area (Å²) in [6.45, 7) is 1.71. The molecule has 1 atom stereocenters. The van der Waals surface area contributed by atoms with Crippen molar-refractivity contribution in [2.24, 2.45) is 0 Å². The van der Waals surface area contributed by atoms with Gasteiger partial charge in [0.25, 0.3) is 0 Å². The number of hydrogen-bond acceptors (Lipinski definition) is 4. The van der Waals surface area contributed by atoms with E-state index in [4.69, 9.17) is 5.73 Å². The molecule has 6 heteroatoms. The molecule has 0 bridgehead atoms. The van der Waals surface area contributed by atoms with Crippen molar-refractivity contribution in [1.82, 2.24) is 10.6 Å². The van der Waals surface area contributed by atoms with Crippen molar-refractivity contribution < 1.29 is 9.59 Å². The van der Waals surface area contributed by atoms with Crippen LogP contribution in [0.3, 0.4) is 0 Å². The third-order valence-electron chi connectivity index (χ3n) is 2.70. The van der Waals surface area contributed by atoms with Crippen LogP contribution in [0, 0.1) is 0 Å². The Balaban J connectivity index is 2.74. The molecular formula is C12H18N4O2. The number of rotatable bonds is 3. The topological polar surface area (TPSA) is 87.5 Å². The fraction of sp³-hybridized carbons (Fsp3) is 0.333. The van der Waals surface area contributed by atoms with E-state index in [2.05, 4.69) is 10.6 Å². The third-order valence-corrected chi connectivity index (χ3v) is 2.70. The average molecular weight is 250 g/mol. The molecule has 6 nitrogen and oxygen atoms in total. The number of urea groups is 1. The van der Waals surface area contributed by atoms with Crippen molar-refractivity contribution in [3.05, 3.63) is 24.3 Å². The van der Waals surface area contributed by atoms with E-state index in [1.54, 1.807) is 31.0 Å². The van der Waals surface area contributed by atoms with Crippen molar-refractivity contribution in [3.8, 4) is 0 Å². The number of nitrogens with one attached hydrogen (secondary N) is 2. The second-order valence-electron chi connectivity index (χ2n) is 3.95. The zero-order valence-electron chi connectivity index (χ0n) is 10.7. The van der Waals surface area contributed by atoms with Crippen LogP contribution in [-0.4, -0.2) is 32.1 Å². The number of nitrogens with two attached hydrogens (primary N) is 1. The molecule has 1 rings (SSSR count). The monoisotopic (exact) mass is 250 g/mol. The number of carbonyl (C=O) groups is 2. The zero-order chi connectivity index (χ0) is 13.7. The zero-order valence-corrected chi connectivity index (χ0v) is 10.7. The second-order valence-corrected chi connectivity index (χ2v) is 3.95. The van der Waals surface area contributed by atoms with Crippen LogP contribution in [0.4, 0.5) is 16.2 Å². The van der Waals surface area contributed by atoms with Crippen LogP contribution in [0.25, 0.3) is 0 Å². The van der Waals surface area contributed by atoms with Crippen LogP contribution < -0.4 is 21.3 Å². The predicted octanol–water partition coefficient (Wildman–Crippen LogP) is 0.549. The Morgan fingerprint density at radius 2 is 2.06 bits per heavy atom. The van der Waals surface area contributed by atoms with Gasteiger partial charge in [-0.3, -0.25) is 10.1 Å². The van der Waals surface area contributed by atoms with E-state index in [-0.39, 0.29) is 5.91 Å². The quantitative estimate of drug-likeness (QED) is 0.684. The highest BCUT2D eigenvalue weighted by molar-refractivity contribution is 5.98. The van der Waals surface area contributed by atoms with Crippen molar-refractivity contribution in [2.75, 3.05) is 24.7 Å². The number of nitrogens with zero attached hydrogens (tertiary/aromatic N) is 1. The van der Waals surface area contributed by atoms with Crippen molar-refractivity contribution in [1.29, 1.82) is 0 Å². The Kier molecular flexibility index (Phi) is 4.53. The summed E-state index contributed by atoms with van der Waals surface area (Å²) in [7, 11) is 3.22. The maximum atomic E-state index is 11.8. The number of carbonyl (C=O) groups excluding carboxylic acids is 2. The molecule has 18 heavy (non-hydrogen) atoms. The number of anilines is 2. The molecule has 4 N–H and O–H groups in total. The molecule has 0 saturated carbocycles. The van der Waals surface area contributed by atoms with E-state index in [9.17, 15) is 9.59 Å². The van der Waals surface area contributed by atoms with E-state index >= 15 is 0 Å². The summed E-state index contributed by atoms with van der Waals surface area (Å²) in [5.74, 6) is -0.376. The Morgan fingerprint density at radius 1 is 1.39 bits per heavy atom. The summed E-state index contributed by atoms with van der Waals surface area (Å²) in [6.07, 6.45) is 0. The van der Waals surface area contributed by atoms with Gasteiger partial charge in [-0.15, -0.1) is 0 Å². The van der Waals surface area contributed by atoms with Gasteiger partial charge in [-0.05, 0) is 25.1 Å². The largest absolute Gasteiger partial charge is 0.399 e. The molecule has 0 saturated heterocycles. The minimum absolute atomic E-state index is 0.376. The molecule has 0 aliphatic rings. The van der Waals surface area contributed by atoms with Gasteiger partial charge in [0.15, 0.2) is 0 Å². The number of hydrogen-bond donors (Lipinski definition) is 3. The highest BCUT2D eigenvalue weighted by Gasteiger charge is 2.20. The van der Waals surface area contributed by atoms with E-state index in [1.807, 2.05) is 12.1 Å². The first-order valence-electron chi connectivity index (χ1n) is 5.56. The molecular weight excluding hydrogens is 232 g/mol. The Labute approximate surface area is 106 Å². The summed E-state index contributed by atoms with van der Waals surface area (Å²) >= 11 is 0. The SMILES string of the molecule is CNC(=O)NC(=O)C(C)N(C)c1cccc(N)c1. The van der Waals surface area contributed by atoms with E-state index in [0.29, 0.717) is 5.69 Å². The Morgan fingerprint density at radius 3 is 2.61 bits per heavy atom. The Bertz CT molecular complexity index is 447. The van der Waals surface area contributed by atoms with Gasteiger partial charge in [0.2, 0.25) is 5.91 Å². The predicted molar refractivity (Wildman–Crippen MR) is 71.3 cm³/mol. The summed E-state index contributed by atoms with van der Waals surface area (Å²) in [5.41, 5.74) is 7.12. The van der Waals surface area contributed by atoms with Gasteiger partial charge in [-0.25, -0.2) is 4.79 Å². The fourth-order valence-corrected chi connectivity index (χ4v) is 1.42. The lowest BCUT2D eigenvalue weighted by molar-refractivity contribution is -0.120. The molecule has 1 aromatic rings. The normalized spacial score (nSPS) is 11.5. The first kappa shape index (κ1) is 13.8. The molecule has 0 fully saturated rings. The molecule has 0 heterocycles. The van der Waals surface area contributed by atoms with Crippen molar-refractivity contribution in [3.63, 3.8) is 0 Å². The fourth-order valence-electron chi connectivity index (χ4n) is 1.42. The summed E-state index contributed by atoms with van der Waals surface area (Å²) < 4.78 is 0. The maximum Gasteiger partial charge on any atom is 0.321 e. The number of amides is 3. The van der Waals surface area contributed by atoms with Crippen molar-refractivity contribution >= 4 is 23.3 Å². The standard InChI is InChI=1S/C12H18N4O2/c1-8(11(17)15-12(18)14-2)16(3)10-6-4-5-9(13)7-10/h4-8H,13H2,1-3H3,(H2,14,15,17,18). The van der Waals surface area contributed by atoms with E-state index in [0.717, 1.165) is 5.69 Å². The molecule has 1 aromatic carbocycles. The maximum absolute atomic E-state index is 11.8. The molecule has 3 amide bonds. The van der Waals surface area contributed by atoms with Crippen LogP contribution >= 0.6 is 0 Å². The van der Waals surface area contributed by atoms with E-state index in [1.165, 1.54) is 7.05 Å². The molecule has 98 valence electrons. The molecule has 0 radical (unpaired) electrons. The third kappa shape index (κ3) is 3.38. The van der Waals surface area contributed by atoms with Crippen LogP contribution in [0.1, 0.15) is 6.92 Å². The summed E-state index contributed by atoms with van der Waals surface area (Å²) in [6, 6.07) is 6.19. The number of benzene rings is 1. The van der Waals surface area contributed by atoms with Gasteiger partial charge < -0.3 is 16.0 Å². The molecule has 0 spiro atoms. The van der Waals surface area contributed by atoms with Gasteiger partial charge in [0, 0.05) is 25.5 Å². The first-order chi connectivity index (χ1) is 8.45. The highest BCUT2D eigenvalue weighted by atomic mass is 16.2. The van der Waals surface area contributed by atoms with E-state index < -0.39 is 12.1 Å². The number of imide groups is 1. The summed E-state index contributed by atoms with van der Waals surface area (Å²) in [4.78, 5) is 24.6. The van der Waals surface area contributed by atoms with Gasteiger partial charge in [0.05, 0.1) is 0 Å². The van der Waals surface area contributed by atoms with Gasteiger partial charge in [-0.2, -0.15) is 0 Å². The van der Waals surface area contributed by atoms with Crippen LogP contribution in [-0.2, 0) is 4.79 Å². The minimum Gasteiger partial charge on any atom is -0.399 e. The lowest BCUT2D eigenvalue weighted by Crippen LogP contribution is -2.48. The molecule has 0 aliphatic heterocycles. The van der Waals surface area contributed by atoms with Gasteiger partial charge in [-0.1, -0.05) is 6.07 Å². The first-order valence-corrected chi connectivity index (χ1v) is 5.56. The highest BCUT2D eigenvalue weighted by Crippen LogP contribution is 2.18. The lowest BCUT2D eigenvalue weighted by Gasteiger charge is -2.25. The van der Waals surface area contributed by atoms with Gasteiger partial charge >= 0.3 is 6.03 Å². The molecule has 0 aromatic heterocycles. The summed E-state index contributed by atoms with van der Waals surface area (Å²) in [5, 5.41) is 4.56. The molecule has 1 unspecified atom stereocenters. The Hall–Kier alpha value is -2.24. The smallest absolute Gasteiger partial charge is 0.321 e. The van der Waals surface area contributed by atoms with Crippen LogP contribution in [0.15, 0.2) is 24.3 Å².